The zero-order chi connectivity index (χ0) is 21.2. The molecule has 4 aromatic rings. The molecule has 31 heavy (non-hydrogen) atoms. The van der Waals surface area contributed by atoms with Crippen molar-refractivity contribution in [1.82, 2.24) is 4.98 Å². The van der Waals surface area contributed by atoms with Crippen LogP contribution in [0.5, 0.6) is 0 Å². The summed E-state index contributed by atoms with van der Waals surface area (Å²) in [6.45, 7) is 1.22. The number of halogens is 1. The first-order valence-electron chi connectivity index (χ1n) is 10.3. The van der Waals surface area contributed by atoms with Gasteiger partial charge in [0, 0.05) is 12.2 Å². The van der Waals surface area contributed by atoms with Gasteiger partial charge in [-0.15, -0.1) is 0 Å². The largest absolute Gasteiger partial charge is 0.376 e. The van der Waals surface area contributed by atoms with Gasteiger partial charge in [0.1, 0.15) is 5.52 Å². The summed E-state index contributed by atoms with van der Waals surface area (Å²) in [5.74, 6) is -0.0784. The molecule has 1 atom stereocenters. The number of rotatable bonds is 5. The van der Waals surface area contributed by atoms with Crippen molar-refractivity contribution in [2.75, 3.05) is 18.1 Å². The van der Waals surface area contributed by atoms with Gasteiger partial charge in [-0.25, -0.2) is 4.98 Å². The van der Waals surface area contributed by atoms with Crippen molar-refractivity contribution in [2.24, 2.45) is 0 Å². The highest BCUT2D eigenvalue weighted by Crippen LogP contribution is 2.34. The number of anilines is 1. The van der Waals surface area contributed by atoms with Crippen LogP contribution in [0.15, 0.2) is 72.8 Å². The second-order valence-electron chi connectivity index (χ2n) is 7.58. The van der Waals surface area contributed by atoms with E-state index in [2.05, 4.69) is 12.1 Å². The fraction of sp³-hybridized carbons (Fsp3) is 0.200. The highest BCUT2D eigenvalue weighted by molar-refractivity contribution is 7.22. The maximum atomic E-state index is 13.5. The number of ether oxygens (including phenoxy) is 1. The standard InChI is InChI=1S/C25H21ClN2O2S/c26-21-9-4-10-22-23(21)27-25(31-22)28(16-20-8-5-15-30-20)24(29)19-13-11-18(12-14-19)17-6-2-1-3-7-17/h1-4,6-7,9-14,20H,5,8,15-16H2. The van der Waals surface area contributed by atoms with Crippen LogP contribution in [-0.2, 0) is 4.74 Å². The van der Waals surface area contributed by atoms with Crippen molar-refractivity contribution in [3.05, 3.63) is 83.4 Å². The van der Waals surface area contributed by atoms with E-state index in [1.54, 1.807) is 4.90 Å². The quantitative estimate of drug-likeness (QED) is 0.352. The van der Waals surface area contributed by atoms with Crippen LogP contribution < -0.4 is 4.90 Å². The van der Waals surface area contributed by atoms with E-state index in [9.17, 15) is 4.79 Å². The SMILES string of the molecule is O=C(c1ccc(-c2ccccc2)cc1)N(CC1CCCO1)c1nc2c(Cl)cccc2s1. The van der Waals surface area contributed by atoms with Crippen molar-refractivity contribution in [3.63, 3.8) is 0 Å². The number of benzene rings is 3. The van der Waals surface area contributed by atoms with E-state index in [1.165, 1.54) is 11.3 Å². The van der Waals surface area contributed by atoms with E-state index < -0.39 is 0 Å². The van der Waals surface area contributed by atoms with Gasteiger partial charge in [-0.3, -0.25) is 9.69 Å². The van der Waals surface area contributed by atoms with Crippen LogP contribution in [0.25, 0.3) is 21.3 Å². The number of fused-ring (bicyclic) bond motifs is 1. The molecule has 1 amide bonds. The van der Waals surface area contributed by atoms with Gasteiger partial charge in [0.25, 0.3) is 5.91 Å². The summed E-state index contributed by atoms with van der Waals surface area (Å²) < 4.78 is 6.79. The van der Waals surface area contributed by atoms with Gasteiger partial charge in [-0.1, -0.05) is 71.5 Å². The molecule has 5 rings (SSSR count). The smallest absolute Gasteiger partial charge is 0.260 e. The number of amides is 1. The van der Waals surface area contributed by atoms with Crippen molar-refractivity contribution < 1.29 is 9.53 Å². The first-order valence-corrected chi connectivity index (χ1v) is 11.5. The van der Waals surface area contributed by atoms with Gasteiger partial charge in [0.2, 0.25) is 0 Å². The van der Waals surface area contributed by atoms with Crippen LogP contribution in [0.4, 0.5) is 5.13 Å². The van der Waals surface area contributed by atoms with E-state index in [-0.39, 0.29) is 12.0 Å². The van der Waals surface area contributed by atoms with Crippen LogP contribution in [0.1, 0.15) is 23.2 Å². The molecule has 1 unspecified atom stereocenters. The minimum Gasteiger partial charge on any atom is -0.376 e. The van der Waals surface area contributed by atoms with Gasteiger partial charge in [0.15, 0.2) is 5.13 Å². The van der Waals surface area contributed by atoms with Gasteiger partial charge in [-0.05, 0) is 48.2 Å². The molecule has 0 saturated carbocycles. The van der Waals surface area contributed by atoms with E-state index in [1.807, 2.05) is 60.7 Å². The third-order valence-electron chi connectivity index (χ3n) is 5.48. The first kappa shape index (κ1) is 20.2. The van der Waals surface area contributed by atoms with E-state index in [0.29, 0.717) is 22.3 Å². The number of aromatic nitrogens is 1. The maximum Gasteiger partial charge on any atom is 0.260 e. The summed E-state index contributed by atoms with van der Waals surface area (Å²) in [5.41, 5.74) is 3.56. The molecule has 6 heteroatoms. The van der Waals surface area contributed by atoms with Gasteiger partial charge < -0.3 is 4.74 Å². The lowest BCUT2D eigenvalue weighted by atomic mass is 10.0. The topological polar surface area (TPSA) is 42.4 Å². The number of carbonyl (C=O) groups excluding carboxylic acids is 1. The van der Waals surface area contributed by atoms with Gasteiger partial charge in [-0.2, -0.15) is 0 Å². The molecule has 1 aliphatic rings. The van der Waals surface area contributed by atoms with Crippen molar-refractivity contribution in [1.29, 1.82) is 0 Å². The van der Waals surface area contributed by atoms with Gasteiger partial charge in [0.05, 0.1) is 22.4 Å². The fourth-order valence-electron chi connectivity index (χ4n) is 3.85. The zero-order valence-corrected chi connectivity index (χ0v) is 18.4. The Bertz CT molecular complexity index is 1200. The minimum atomic E-state index is -0.0784. The zero-order valence-electron chi connectivity index (χ0n) is 16.8. The Morgan fingerprint density at radius 3 is 2.52 bits per heavy atom. The van der Waals surface area contributed by atoms with Crippen LogP contribution in [0.2, 0.25) is 5.02 Å². The Labute approximate surface area is 190 Å². The number of hydrogen-bond donors (Lipinski definition) is 0. The Hall–Kier alpha value is -2.73. The molecule has 2 heterocycles. The van der Waals surface area contributed by atoms with Crippen molar-refractivity contribution in [3.8, 4) is 11.1 Å². The average molecular weight is 449 g/mol. The van der Waals surface area contributed by atoms with E-state index in [4.69, 9.17) is 21.3 Å². The van der Waals surface area contributed by atoms with E-state index >= 15 is 0 Å². The second kappa shape index (κ2) is 8.79. The summed E-state index contributed by atoms with van der Waals surface area (Å²) in [6.07, 6.45) is 1.99. The predicted octanol–water partition coefficient (Wildman–Crippen LogP) is 6.44. The van der Waals surface area contributed by atoms with Crippen LogP contribution >= 0.6 is 22.9 Å². The molecule has 0 radical (unpaired) electrons. The number of nitrogens with zero attached hydrogens (tertiary/aromatic N) is 2. The monoisotopic (exact) mass is 448 g/mol. The summed E-state index contributed by atoms with van der Waals surface area (Å²) in [6, 6.07) is 23.6. The van der Waals surface area contributed by atoms with Crippen LogP contribution in [0, 0.1) is 0 Å². The Morgan fingerprint density at radius 2 is 1.81 bits per heavy atom. The third-order valence-corrected chi connectivity index (χ3v) is 6.83. The average Bonchev–Trinajstić information content (AvgIpc) is 3.48. The molecule has 0 bridgehead atoms. The molecule has 1 aromatic heterocycles. The summed E-state index contributed by atoms with van der Waals surface area (Å²) in [5, 5.41) is 1.24. The number of hydrogen-bond acceptors (Lipinski definition) is 4. The number of carbonyl (C=O) groups is 1. The molecule has 3 aromatic carbocycles. The maximum absolute atomic E-state index is 13.5. The normalized spacial score (nSPS) is 16.0. The van der Waals surface area contributed by atoms with E-state index in [0.717, 1.165) is 40.8 Å². The number of thiazole rings is 1. The molecule has 0 aliphatic carbocycles. The number of para-hydroxylation sites is 1. The van der Waals surface area contributed by atoms with Crippen molar-refractivity contribution in [2.45, 2.75) is 18.9 Å². The van der Waals surface area contributed by atoms with Gasteiger partial charge >= 0.3 is 0 Å². The van der Waals surface area contributed by atoms with Crippen molar-refractivity contribution >= 4 is 44.2 Å². The summed E-state index contributed by atoms with van der Waals surface area (Å²) in [7, 11) is 0. The summed E-state index contributed by atoms with van der Waals surface area (Å²) in [4.78, 5) is 20.0. The molecule has 1 fully saturated rings. The first-order chi connectivity index (χ1) is 15.2. The highest BCUT2D eigenvalue weighted by Gasteiger charge is 2.27. The molecule has 156 valence electrons. The molecule has 0 spiro atoms. The lowest BCUT2D eigenvalue weighted by molar-refractivity contribution is 0.0917. The predicted molar refractivity (Wildman–Crippen MR) is 127 cm³/mol. The lowest BCUT2D eigenvalue weighted by Crippen LogP contribution is -2.37. The second-order valence-corrected chi connectivity index (χ2v) is 8.99. The Balaban J connectivity index is 1.48. The molecular weight excluding hydrogens is 428 g/mol. The van der Waals surface area contributed by atoms with Crippen LogP contribution in [-0.4, -0.2) is 30.1 Å². The summed E-state index contributed by atoms with van der Waals surface area (Å²) >= 11 is 7.81. The third kappa shape index (κ3) is 4.22. The molecular formula is C25H21ClN2O2S. The Kier molecular flexibility index (Phi) is 5.72. The molecule has 0 N–H and O–H groups in total. The lowest BCUT2D eigenvalue weighted by Gasteiger charge is -2.23. The van der Waals surface area contributed by atoms with Crippen LogP contribution in [0.3, 0.4) is 0 Å². The minimum absolute atomic E-state index is 0.0232. The molecule has 4 nitrogen and oxygen atoms in total. The Morgan fingerprint density at radius 1 is 1.03 bits per heavy atom. The molecule has 1 aliphatic heterocycles. The fourth-order valence-corrected chi connectivity index (χ4v) is 5.12. The molecule has 1 saturated heterocycles. The highest BCUT2D eigenvalue weighted by atomic mass is 35.5.